The highest BCUT2D eigenvalue weighted by Gasteiger charge is 2.13. The molecule has 0 fully saturated rings. The maximum Gasteiger partial charge on any atom is 0.267 e. The zero-order valence-corrected chi connectivity index (χ0v) is 9.97. The van der Waals surface area contributed by atoms with E-state index in [1.165, 1.54) is 23.9 Å². The van der Waals surface area contributed by atoms with Crippen molar-refractivity contribution in [2.45, 2.75) is 0 Å². The minimum Gasteiger partial charge on any atom is -0.316 e. The fourth-order valence-corrected chi connectivity index (χ4v) is 1.87. The van der Waals surface area contributed by atoms with E-state index in [4.69, 9.17) is 23.2 Å². The number of hydrogen-bond acceptors (Lipinski definition) is 5. The van der Waals surface area contributed by atoms with Gasteiger partial charge >= 0.3 is 0 Å². The van der Waals surface area contributed by atoms with Gasteiger partial charge in [0.1, 0.15) is 16.9 Å². The van der Waals surface area contributed by atoms with Crippen LogP contribution in [0.4, 0.5) is 5.69 Å². The molecule has 0 radical (unpaired) electrons. The summed E-state index contributed by atoms with van der Waals surface area (Å²) >= 11 is 12.8. The van der Waals surface area contributed by atoms with Gasteiger partial charge in [-0.3, -0.25) is 9.78 Å². The van der Waals surface area contributed by atoms with Crippen LogP contribution in [-0.4, -0.2) is 20.9 Å². The highest BCUT2D eigenvalue weighted by atomic mass is 35.5. The van der Waals surface area contributed by atoms with Crippen LogP contribution in [0.25, 0.3) is 0 Å². The molecule has 0 aliphatic rings. The highest BCUT2D eigenvalue weighted by molar-refractivity contribution is 7.11. The first-order valence-corrected chi connectivity index (χ1v) is 5.68. The van der Waals surface area contributed by atoms with E-state index in [1.54, 1.807) is 5.51 Å². The van der Waals surface area contributed by atoms with E-state index in [2.05, 4.69) is 20.3 Å². The Morgan fingerprint density at radius 1 is 1.31 bits per heavy atom. The van der Waals surface area contributed by atoms with Crippen molar-refractivity contribution in [2.24, 2.45) is 0 Å². The Hall–Kier alpha value is -1.24. The molecule has 0 spiro atoms. The van der Waals surface area contributed by atoms with Gasteiger partial charge in [0.15, 0.2) is 10.3 Å². The van der Waals surface area contributed by atoms with Crippen LogP contribution in [0.2, 0.25) is 10.3 Å². The number of nitrogens with one attached hydrogen (secondary N) is 1. The van der Waals surface area contributed by atoms with Crippen LogP contribution in [0.15, 0.2) is 18.0 Å². The van der Waals surface area contributed by atoms with Crippen molar-refractivity contribution < 1.29 is 4.79 Å². The molecule has 1 N–H and O–H groups in total. The number of thiazole rings is 1. The number of rotatable bonds is 2. The number of aromatic nitrogens is 3. The van der Waals surface area contributed by atoms with E-state index in [0.29, 0.717) is 4.88 Å². The first kappa shape index (κ1) is 11.3. The van der Waals surface area contributed by atoms with Crippen molar-refractivity contribution in [3.63, 3.8) is 0 Å². The Balaban J connectivity index is 2.25. The monoisotopic (exact) mass is 274 g/mol. The molecule has 0 bridgehead atoms. The van der Waals surface area contributed by atoms with E-state index in [9.17, 15) is 4.79 Å². The van der Waals surface area contributed by atoms with Crippen LogP contribution in [0.1, 0.15) is 9.67 Å². The van der Waals surface area contributed by atoms with Gasteiger partial charge in [0.25, 0.3) is 5.91 Å². The molecular formula is C8H4Cl2N4OS. The predicted molar refractivity (Wildman–Crippen MR) is 62.1 cm³/mol. The lowest BCUT2D eigenvalue weighted by Gasteiger charge is -2.05. The molecule has 2 aromatic heterocycles. The lowest BCUT2D eigenvalue weighted by Crippen LogP contribution is -2.11. The summed E-state index contributed by atoms with van der Waals surface area (Å²) in [7, 11) is 0. The Morgan fingerprint density at radius 2 is 2.00 bits per heavy atom. The lowest BCUT2D eigenvalue weighted by molar-refractivity contribution is 0.103. The van der Waals surface area contributed by atoms with Gasteiger partial charge in [0.05, 0.1) is 11.7 Å². The second kappa shape index (κ2) is 4.73. The molecule has 0 saturated heterocycles. The third-order valence-electron chi connectivity index (χ3n) is 1.65. The molecule has 5 nitrogen and oxygen atoms in total. The second-order valence-electron chi connectivity index (χ2n) is 2.65. The molecule has 2 aromatic rings. The van der Waals surface area contributed by atoms with Crippen molar-refractivity contribution >= 4 is 46.1 Å². The summed E-state index contributed by atoms with van der Waals surface area (Å²) in [6.07, 6.45) is 2.67. The number of amides is 1. The first-order chi connectivity index (χ1) is 7.68. The van der Waals surface area contributed by atoms with Gasteiger partial charge in [-0.25, -0.2) is 9.97 Å². The van der Waals surface area contributed by atoms with Crippen LogP contribution in [0, 0.1) is 0 Å². The summed E-state index contributed by atoms with van der Waals surface area (Å²) in [6.45, 7) is 0. The van der Waals surface area contributed by atoms with Gasteiger partial charge < -0.3 is 5.32 Å². The lowest BCUT2D eigenvalue weighted by atomic mass is 10.4. The summed E-state index contributed by atoms with van der Waals surface area (Å²) in [4.78, 5) is 23.3. The molecule has 16 heavy (non-hydrogen) atoms. The van der Waals surface area contributed by atoms with E-state index < -0.39 is 0 Å². The molecule has 2 heterocycles. The summed E-state index contributed by atoms with van der Waals surface area (Å²) in [6, 6.07) is 0. The smallest absolute Gasteiger partial charge is 0.267 e. The maximum absolute atomic E-state index is 11.7. The topological polar surface area (TPSA) is 67.8 Å². The molecule has 0 aliphatic heterocycles. The normalized spacial score (nSPS) is 10.1. The zero-order chi connectivity index (χ0) is 11.5. The van der Waals surface area contributed by atoms with Gasteiger partial charge in [-0.15, -0.1) is 11.3 Å². The molecule has 82 valence electrons. The largest absolute Gasteiger partial charge is 0.316 e. The van der Waals surface area contributed by atoms with Gasteiger partial charge in [-0.05, 0) is 0 Å². The van der Waals surface area contributed by atoms with Gasteiger partial charge in [0, 0.05) is 0 Å². The Morgan fingerprint density at radius 3 is 2.56 bits per heavy atom. The van der Waals surface area contributed by atoms with Crippen molar-refractivity contribution in [1.29, 1.82) is 0 Å². The Labute approximate surface area is 104 Å². The minimum atomic E-state index is -0.346. The summed E-state index contributed by atoms with van der Waals surface area (Å²) < 4.78 is 0. The average Bonchev–Trinajstić information content (AvgIpc) is 2.76. The fraction of sp³-hybridized carbons (Fsp3) is 0. The van der Waals surface area contributed by atoms with Crippen molar-refractivity contribution in [3.05, 3.63) is 33.2 Å². The molecule has 0 saturated carbocycles. The molecule has 0 unspecified atom stereocenters. The van der Waals surface area contributed by atoms with E-state index in [-0.39, 0.29) is 21.9 Å². The molecule has 0 atom stereocenters. The second-order valence-corrected chi connectivity index (χ2v) is 4.25. The third kappa shape index (κ3) is 2.29. The van der Waals surface area contributed by atoms with Crippen molar-refractivity contribution in [2.75, 3.05) is 5.32 Å². The number of carbonyl (C=O) groups is 1. The van der Waals surface area contributed by atoms with Gasteiger partial charge in [0.2, 0.25) is 0 Å². The highest BCUT2D eigenvalue weighted by Crippen LogP contribution is 2.26. The number of carbonyl (C=O) groups excluding carboxylic acids is 1. The van der Waals surface area contributed by atoms with E-state index in [1.807, 2.05) is 0 Å². The van der Waals surface area contributed by atoms with Crippen molar-refractivity contribution in [3.8, 4) is 0 Å². The molecule has 8 heteroatoms. The molecule has 0 aromatic carbocycles. The minimum absolute atomic E-state index is 0.0952. The summed E-state index contributed by atoms with van der Waals surface area (Å²) in [5.74, 6) is -0.346. The van der Waals surface area contributed by atoms with E-state index >= 15 is 0 Å². The number of hydrogen-bond donors (Lipinski definition) is 1. The van der Waals surface area contributed by atoms with Crippen LogP contribution in [-0.2, 0) is 0 Å². The maximum atomic E-state index is 11.7. The first-order valence-electron chi connectivity index (χ1n) is 4.04. The average molecular weight is 275 g/mol. The summed E-state index contributed by atoms with van der Waals surface area (Å²) in [5.41, 5.74) is 1.75. The van der Waals surface area contributed by atoms with Crippen LogP contribution >= 0.6 is 34.5 Å². The van der Waals surface area contributed by atoms with Gasteiger partial charge in [-0.2, -0.15) is 0 Å². The fourth-order valence-electron chi connectivity index (χ4n) is 0.951. The Bertz CT molecular complexity index is 497. The third-order valence-corrected chi connectivity index (χ3v) is 2.99. The standard InChI is InChI=1S/C8H4Cl2N4OS/c9-6-5(7(10)13-2-12-6)14-8(15)4-1-11-3-16-4/h1-3H,(H,14,15). The van der Waals surface area contributed by atoms with Crippen molar-refractivity contribution in [1.82, 2.24) is 15.0 Å². The molecule has 1 amide bonds. The predicted octanol–water partition coefficient (Wildman–Crippen LogP) is 2.49. The number of nitrogens with zero attached hydrogens (tertiary/aromatic N) is 3. The zero-order valence-electron chi connectivity index (χ0n) is 7.65. The van der Waals surface area contributed by atoms with E-state index in [0.717, 1.165) is 0 Å². The van der Waals surface area contributed by atoms with Crippen LogP contribution in [0.3, 0.4) is 0 Å². The number of anilines is 1. The Kier molecular flexibility index (Phi) is 3.33. The molecule has 0 aliphatic carbocycles. The number of halogens is 2. The van der Waals surface area contributed by atoms with Gasteiger partial charge in [-0.1, -0.05) is 23.2 Å². The molecular weight excluding hydrogens is 271 g/mol. The SMILES string of the molecule is O=C(Nc1c(Cl)ncnc1Cl)c1cncs1. The van der Waals surface area contributed by atoms with Crippen LogP contribution in [0.5, 0.6) is 0 Å². The summed E-state index contributed by atoms with van der Waals surface area (Å²) in [5, 5.41) is 2.71. The van der Waals surface area contributed by atoms with Crippen LogP contribution < -0.4 is 5.32 Å². The quantitative estimate of drug-likeness (QED) is 0.855. The molecule has 2 rings (SSSR count).